The number of halogens is 1. The number of para-hydroxylation sites is 1. The van der Waals surface area contributed by atoms with E-state index < -0.39 is 0 Å². The molecule has 18 heavy (non-hydrogen) atoms. The third-order valence-corrected chi connectivity index (χ3v) is 2.96. The zero-order valence-corrected chi connectivity index (χ0v) is 10.4. The maximum Gasteiger partial charge on any atom is 0.197 e. The van der Waals surface area contributed by atoms with Crippen molar-refractivity contribution in [3.8, 4) is 5.69 Å². The predicted molar refractivity (Wildman–Crippen MR) is 72.5 cm³/mol. The molecule has 0 atom stereocenters. The molecule has 0 saturated heterocycles. The molecule has 1 aliphatic heterocycles. The van der Waals surface area contributed by atoms with Crippen molar-refractivity contribution < 1.29 is 0 Å². The maximum absolute atomic E-state index is 6.17. The van der Waals surface area contributed by atoms with E-state index in [0.717, 1.165) is 30.6 Å². The summed E-state index contributed by atoms with van der Waals surface area (Å²) in [6.07, 6.45) is 1.72. The second-order valence-corrected chi connectivity index (χ2v) is 4.27. The van der Waals surface area contributed by atoms with E-state index in [9.17, 15) is 0 Å². The molecule has 0 bridgehead atoms. The van der Waals surface area contributed by atoms with Gasteiger partial charge in [-0.15, -0.1) is 0 Å². The van der Waals surface area contributed by atoms with Crippen LogP contribution in [0.2, 0.25) is 5.02 Å². The van der Waals surface area contributed by atoms with Gasteiger partial charge in [0.1, 0.15) is 5.82 Å². The molecule has 1 aliphatic rings. The highest BCUT2D eigenvalue weighted by Crippen LogP contribution is 2.22. The Kier molecular flexibility index (Phi) is 2.90. The zero-order chi connectivity index (χ0) is 12.4. The van der Waals surface area contributed by atoms with Gasteiger partial charge in [-0.3, -0.25) is 4.99 Å². The molecule has 1 aromatic heterocycles. The van der Waals surface area contributed by atoms with Crippen LogP contribution in [-0.4, -0.2) is 28.8 Å². The van der Waals surface area contributed by atoms with Crippen LogP contribution in [0.3, 0.4) is 0 Å². The summed E-state index contributed by atoms with van der Waals surface area (Å²) in [7, 11) is 0. The number of rotatable bonds is 2. The number of hydrogen-bond acceptors (Lipinski definition) is 4. The SMILES string of the molecule is Clc1ccccc1-n1nccc1NC1=NCCN1. The summed E-state index contributed by atoms with van der Waals surface area (Å²) >= 11 is 6.17. The first kappa shape index (κ1) is 11.1. The number of benzene rings is 1. The smallest absolute Gasteiger partial charge is 0.197 e. The fraction of sp³-hybridized carbons (Fsp3) is 0.167. The molecule has 0 fully saturated rings. The Labute approximate surface area is 109 Å². The molecule has 0 saturated carbocycles. The van der Waals surface area contributed by atoms with Crippen LogP contribution in [0.1, 0.15) is 0 Å². The zero-order valence-electron chi connectivity index (χ0n) is 9.60. The third-order valence-electron chi connectivity index (χ3n) is 2.64. The molecule has 92 valence electrons. The standard InChI is InChI=1S/C12H12ClN5/c13-9-3-1-2-4-10(9)18-11(5-6-16-18)17-12-14-7-8-15-12/h1-6H,7-8H2,(H2,14,15,17). The van der Waals surface area contributed by atoms with Crippen LogP contribution >= 0.6 is 11.6 Å². The second-order valence-electron chi connectivity index (χ2n) is 3.86. The monoisotopic (exact) mass is 261 g/mol. The molecule has 0 aliphatic carbocycles. The Balaban J connectivity index is 1.94. The van der Waals surface area contributed by atoms with Crippen LogP contribution in [0.25, 0.3) is 5.69 Å². The van der Waals surface area contributed by atoms with Crippen LogP contribution in [0.5, 0.6) is 0 Å². The second kappa shape index (κ2) is 4.70. The summed E-state index contributed by atoms with van der Waals surface area (Å²) in [5.74, 6) is 1.60. The molecule has 6 heteroatoms. The van der Waals surface area contributed by atoms with Gasteiger partial charge in [0, 0.05) is 12.6 Å². The average molecular weight is 262 g/mol. The van der Waals surface area contributed by atoms with Crippen molar-refractivity contribution in [2.24, 2.45) is 4.99 Å². The van der Waals surface area contributed by atoms with Crippen LogP contribution < -0.4 is 10.6 Å². The van der Waals surface area contributed by atoms with Crippen molar-refractivity contribution >= 4 is 23.4 Å². The summed E-state index contributed by atoms with van der Waals surface area (Å²) in [5, 5.41) is 11.3. The van der Waals surface area contributed by atoms with Gasteiger partial charge in [-0.05, 0) is 12.1 Å². The molecule has 2 N–H and O–H groups in total. The quantitative estimate of drug-likeness (QED) is 0.868. The highest BCUT2D eigenvalue weighted by molar-refractivity contribution is 6.32. The lowest BCUT2D eigenvalue weighted by Gasteiger charge is -2.10. The highest BCUT2D eigenvalue weighted by atomic mass is 35.5. The van der Waals surface area contributed by atoms with Crippen molar-refractivity contribution in [2.45, 2.75) is 0 Å². The van der Waals surface area contributed by atoms with Gasteiger partial charge in [0.2, 0.25) is 0 Å². The van der Waals surface area contributed by atoms with E-state index in [2.05, 4.69) is 20.7 Å². The Morgan fingerprint density at radius 2 is 2.17 bits per heavy atom. The number of anilines is 1. The van der Waals surface area contributed by atoms with Gasteiger partial charge in [0.15, 0.2) is 5.96 Å². The summed E-state index contributed by atoms with van der Waals surface area (Å²) < 4.78 is 1.75. The molecule has 2 heterocycles. The summed E-state index contributed by atoms with van der Waals surface area (Å²) in [4.78, 5) is 4.29. The highest BCUT2D eigenvalue weighted by Gasteiger charge is 2.11. The Morgan fingerprint density at radius 3 is 2.94 bits per heavy atom. The topological polar surface area (TPSA) is 54.2 Å². The number of hydrogen-bond donors (Lipinski definition) is 2. The van der Waals surface area contributed by atoms with E-state index >= 15 is 0 Å². The normalized spacial score (nSPS) is 14.2. The Morgan fingerprint density at radius 1 is 1.28 bits per heavy atom. The van der Waals surface area contributed by atoms with Crippen molar-refractivity contribution in [3.05, 3.63) is 41.6 Å². The van der Waals surface area contributed by atoms with E-state index in [1.54, 1.807) is 10.9 Å². The van der Waals surface area contributed by atoms with Crippen LogP contribution in [0.15, 0.2) is 41.5 Å². The van der Waals surface area contributed by atoms with Crippen LogP contribution in [-0.2, 0) is 0 Å². The van der Waals surface area contributed by atoms with Gasteiger partial charge in [-0.25, -0.2) is 4.68 Å². The largest absolute Gasteiger partial charge is 0.354 e. The minimum atomic E-state index is 0.658. The van der Waals surface area contributed by atoms with E-state index in [1.165, 1.54) is 0 Å². The summed E-state index contributed by atoms with van der Waals surface area (Å²) in [5.41, 5.74) is 0.838. The van der Waals surface area contributed by atoms with Crippen LogP contribution in [0.4, 0.5) is 5.82 Å². The Bertz CT molecular complexity index is 590. The summed E-state index contributed by atoms with van der Waals surface area (Å²) in [6, 6.07) is 9.47. The maximum atomic E-state index is 6.17. The number of aliphatic imine (C=N–C) groups is 1. The van der Waals surface area contributed by atoms with Crippen LogP contribution in [0, 0.1) is 0 Å². The van der Waals surface area contributed by atoms with Crippen molar-refractivity contribution in [1.82, 2.24) is 15.1 Å². The lowest BCUT2D eigenvalue weighted by atomic mass is 10.3. The fourth-order valence-electron chi connectivity index (χ4n) is 1.82. The van der Waals surface area contributed by atoms with Crippen molar-refractivity contribution in [2.75, 3.05) is 18.4 Å². The molecule has 2 aromatic rings. The van der Waals surface area contributed by atoms with Gasteiger partial charge in [-0.2, -0.15) is 5.10 Å². The van der Waals surface area contributed by atoms with Crippen molar-refractivity contribution in [1.29, 1.82) is 0 Å². The van der Waals surface area contributed by atoms with Gasteiger partial charge < -0.3 is 10.6 Å². The van der Waals surface area contributed by atoms with E-state index in [0.29, 0.717) is 5.02 Å². The van der Waals surface area contributed by atoms with Crippen molar-refractivity contribution in [3.63, 3.8) is 0 Å². The molecule has 0 radical (unpaired) electrons. The molecule has 0 unspecified atom stereocenters. The first-order valence-electron chi connectivity index (χ1n) is 5.69. The minimum Gasteiger partial charge on any atom is -0.354 e. The molecule has 5 nitrogen and oxygen atoms in total. The molecule has 3 rings (SSSR count). The summed E-state index contributed by atoms with van der Waals surface area (Å²) in [6.45, 7) is 1.66. The van der Waals surface area contributed by atoms with E-state index in [1.807, 2.05) is 30.3 Å². The number of guanidine groups is 1. The number of nitrogens with one attached hydrogen (secondary N) is 2. The Hall–Kier alpha value is -2.01. The van der Waals surface area contributed by atoms with Gasteiger partial charge in [0.25, 0.3) is 0 Å². The average Bonchev–Trinajstić information content (AvgIpc) is 3.02. The third kappa shape index (κ3) is 2.04. The predicted octanol–water partition coefficient (Wildman–Crippen LogP) is 1.90. The van der Waals surface area contributed by atoms with Gasteiger partial charge >= 0.3 is 0 Å². The molecule has 0 spiro atoms. The lowest BCUT2D eigenvalue weighted by molar-refractivity contribution is 0.887. The molecule has 1 aromatic carbocycles. The van der Waals surface area contributed by atoms with Gasteiger partial charge in [-0.1, -0.05) is 23.7 Å². The lowest BCUT2D eigenvalue weighted by Crippen LogP contribution is -2.27. The minimum absolute atomic E-state index is 0.658. The first-order chi connectivity index (χ1) is 8.84. The number of aromatic nitrogens is 2. The van der Waals surface area contributed by atoms with E-state index in [-0.39, 0.29) is 0 Å². The fourth-order valence-corrected chi connectivity index (χ4v) is 2.03. The molecular weight excluding hydrogens is 250 g/mol. The number of nitrogens with zero attached hydrogens (tertiary/aromatic N) is 3. The van der Waals surface area contributed by atoms with Gasteiger partial charge in [0.05, 0.1) is 23.5 Å². The molecular formula is C12H12ClN5. The molecule has 0 amide bonds. The van der Waals surface area contributed by atoms with E-state index in [4.69, 9.17) is 11.6 Å². The first-order valence-corrected chi connectivity index (χ1v) is 6.07.